The van der Waals surface area contributed by atoms with E-state index in [0.717, 1.165) is 25.3 Å². The van der Waals surface area contributed by atoms with E-state index >= 15 is 0 Å². The molecule has 1 aliphatic rings. The predicted molar refractivity (Wildman–Crippen MR) is 118 cm³/mol. The molecular weight excluding hydrogens is 467 g/mol. The van der Waals surface area contributed by atoms with Crippen LogP contribution in [0, 0.1) is 0 Å². The second-order valence-electron chi connectivity index (χ2n) is 6.64. The number of rotatable bonds is 5. The minimum Gasteiger partial charge on any atom is -0.354 e. The Labute approximate surface area is 177 Å². The lowest BCUT2D eigenvalue weighted by atomic mass is 10.3. The van der Waals surface area contributed by atoms with Gasteiger partial charge in [-0.25, -0.2) is 9.98 Å². The molecule has 1 aliphatic heterocycles. The molecule has 1 saturated heterocycles. The van der Waals surface area contributed by atoms with Crippen LogP contribution in [0.5, 0.6) is 0 Å². The van der Waals surface area contributed by atoms with Gasteiger partial charge in [0.05, 0.1) is 5.02 Å². The van der Waals surface area contributed by atoms with E-state index in [2.05, 4.69) is 25.5 Å². The lowest BCUT2D eigenvalue weighted by Crippen LogP contribution is -2.47. The number of halogens is 2. The number of hydrogen-bond acceptors (Lipinski definition) is 4. The molecule has 1 aromatic heterocycles. The molecule has 2 N–H and O–H groups in total. The Kier molecular flexibility index (Phi) is 9.42. The van der Waals surface area contributed by atoms with E-state index in [-0.39, 0.29) is 48.5 Å². The van der Waals surface area contributed by atoms with Gasteiger partial charge in [-0.05, 0) is 32.4 Å². The van der Waals surface area contributed by atoms with Gasteiger partial charge in [0.1, 0.15) is 12.4 Å². The number of aliphatic imine (C=N–C) groups is 1. The summed E-state index contributed by atoms with van der Waals surface area (Å²) in [4.78, 5) is 24.3. The summed E-state index contributed by atoms with van der Waals surface area (Å²) in [5, 5.41) is 7.35. The Morgan fingerprint density at radius 2 is 2.23 bits per heavy atom. The van der Waals surface area contributed by atoms with Crippen molar-refractivity contribution >= 4 is 53.3 Å². The molecule has 2 rings (SSSR count). The molecule has 0 aromatic carbocycles. The standard InChI is InChI=1S/C17H27ClN6O.HI/c1-12(2)21-17(20-10-15(25)23(3)4)22-13-7-9-24(11-13)16-14(18)6-5-8-19-16;/h5-6,8,12-13H,7,9-11H2,1-4H3,(H2,20,21,22);1H. The first-order valence-electron chi connectivity index (χ1n) is 8.50. The maximum atomic E-state index is 11.8. The van der Waals surface area contributed by atoms with Crippen LogP contribution < -0.4 is 15.5 Å². The average Bonchev–Trinajstić information content (AvgIpc) is 3.00. The van der Waals surface area contributed by atoms with E-state index in [9.17, 15) is 4.79 Å². The van der Waals surface area contributed by atoms with Gasteiger partial charge in [-0.15, -0.1) is 24.0 Å². The van der Waals surface area contributed by atoms with E-state index in [4.69, 9.17) is 11.6 Å². The zero-order valence-electron chi connectivity index (χ0n) is 15.7. The van der Waals surface area contributed by atoms with E-state index in [1.165, 1.54) is 4.90 Å². The van der Waals surface area contributed by atoms with Gasteiger partial charge in [0.2, 0.25) is 5.91 Å². The van der Waals surface area contributed by atoms with E-state index < -0.39 is 0 Å². The van der Waals surface area contributed by atoms with Crippen molar-refractivity contribution in [3.05, 3.63) is 23.4 Å². The van der Waals surface area contributed by atoms with Crippen molar-refractivity contribution in [2.24, 2.45) is 4.99 Å². The SMILES string of the molecule is CC(C)NC(=NCC(=O)N(C)C)NC1CCN(c2ncccc2Cl)C1.I. The first kappa shape index (κ1) is 22.8. The van der Waals surface area contributed by atoms with Crippen molar-refractivity contribution in [2.45, 2.75) is 32.4 Å². The molecule has 9 heteroatoms. The molecule has 7 nitrogen and oxygen atoms in total. The van der Waals surface area contributed by atoms with Gasteiger partial charge >= 0.3 is 0 Å². The highest BCUT2D eigenvalue weighted by atomic mass is 127. The normalized spacial score (nSPS) is 17.1. The van der Waals surface area contributed by atoms with Crippen LogP contribution in [0.25, 0.3) is 0 Å². The lowest BCUT2D eigenvalue weighted by Gasteiger charge is -2.21. The molecule has 0 spiro atoms. The number of nitrogens with zero attached hydrogens (tertiary/aromatic N) is 4. The number of pyridine rings is 1. The largest absolute Gasteiger partial charge is 0.354 e. The third-order valence-corrected chi connectivity index (χ3v) is 4.16. The second-order valence-corrected chi connectivity index (χ2v) is 7.04. The van der Waals surface area contributed by atoms with Crippen LogP contribution >= 0.6 is 35.6 Å². The molecule has 0 aliphatic carbocycles. The summed E-state index contributed by atoms with van der Waals surface area (Å²) in [6.07, 6.45) is 2.70. The summed E-state index contributed by atoms with van der Waals surface area (Å²) in [5.74, 6) is 1.44. The maximum absolute atomic E-state index is 11.8. The molecule has 1 amide bonds. The molecule has 1 aromatic rings. The van der Waals surface area contributed by atoms with Gasteiger partial charge in [0.15, 0.2) is 5.96 Å². The summed E-state index contributed by atoms with van der Waals surface area (Å²) in [7, 11) is 3.46. The predicted octanol–water partition coefficient (Wildman–Crippen LogP) is 1.96. The number of anilines is 1. The number of carbonyl (C=O) groups excluding carboxylic acids is 1. The van der Waals surface area contributed by atoms with Crippen LogP contribution in [-0.2, 0) is 4.79 Å². The second kappa shape index (κ2) is 10.8. The number of carbonyl (C=O) groups is 1. The third kappa shape index (κ3) is 6.79. The fraction of sp³-hybridized carbons (Fsp3) is 0.588. The van der Waals surface area contributed by atoms with Crippen LogP contribution in [0.4, 0.5) is 5.82 Å². The Bertz CT molecular complexity index is 625. The van der Waals surface area contributed by atoms with Gasteiger partial charge in [-0.2, -0.15) is 0 Å². The first-order valence-corrected chi connectivity index (χ1v) is 8.87. The van der Waals surface area contributed by atoms with Gasteiger partial charge in [0, 0.05) is 45.5 Å². The molecule has 146 valence electrons. The van der Waals surface area contributed by atoms with Crippen molar-refractivity contribution in [3.63, 3.8) is 0 Å². The molecule has 1 atom stereocenters. The Balaban J connectivity index is 0.00000338. The molecule has 0 saturated carbocycles. The number of aromatic nitrogens is 1. The smallest absolute Gasteiger partial charge is 0.243 e. The minimum atomic E-state index is -0.0295. The quantitative estimate of drug-likeness (QED) is 0.372. The fourth-order valence-electron chi connectivity index (χ4n) is 2.57. The van der Waals surface area contributed by atoms with Crippen molar-refractivity contribution in [3.8, 4) is 0 Å². The zero-order chi connectivity index (χ0) is 18.4. The Morgan fingerprint density at radius 3 is 2.85 bits per heavy atom. The molecule has 2 heterocycles. The van der Waals surface area contributed by atoms with Crippen molar-refractivity contribution in [1.82, 2.24) is 20.5 Å². The summed E-state index contributed by atoms with van der Waals surface area (Å²) in [6, 6.07) is 4.13. The summed E-state index contributed by atoms with van der Waals surface area (Å²) in [6.45, 7) is 5.87. The van der Waals surface area contributed by atoms with E-state index in [1.807, 2.05) is 26.0 Å². The van der Waals surface area contributed by atoms with E-state index in [0.29, 0.717) is 11.0 Å². The fourth-order valence-corrected chi connectivity index (χ4v) is 2.81. The number of hydrogen-bond donors (Lipinski definition) is 2. The van der Waals surface area contributed by atoms with Crippen molar-refractivity contribution in [1.29, 1.82) is 0 Å². The van der Waals surface area contributed by atoms with Crippen LogP contribution in [0.15, 0.2) is 23.3 Å². The number of amides is 1. The third-order valence-electron chi connectivity index (χ3n) is 3.86. The van der Waals surface area contributed by atoms with Crippen LogP contribution in [-0.4, -0.2) is 67.6 Å². The molecule has 1 unspecified atom stereocenters. The monoisotopic (exact) mass is 494 g/mol. The zero-order valence-corrected chi connectivity index (χ0v) is 18.8. The van der Waals surface area contributed by atoms with Gasteiger partial charge < -0.3 is 20.4 Å². The molecule has 1 fully saturated rings. The highest BCUT2D eigenvalue weighted by Crippen LogP contribution is 2.25. The summed E-state index contributed by atoms with van der Waals surface area (Å²) >= 11 is 6.24. The molecule has 0 radical (unpaired) electrons. The molecular formula is C17H28ClIN6O. The first-order chi connectivity index (χ1) is 11.9. The highest BCUT2D eigenvalue weighted by molar-refractivity contribution is 14.0. The van der Waals surface area contributed by atoms with Gasteiger partial charge in [-0.1, -0.05) is 11.6 Å². The molecule has 0 bridgehead atoms. The average molecular weight is 495 g/mol. The Hall–Kier alpha value is -1.29. The van der Waals surface area contributed by atoms with E-state index in [1.54, 1.807) is 20.3 Å². The summed E-state index contributed by atoms with van der Waals surface area (Å²) in [5.41, 5.74) is 0. The number of guanidine groups is 1. The topological polar surface area (TPSA) is 72.9 Å². The number of likely N-dealkylation sites (N-methyl/N-ethyl adjacent to an activating group) is 1. The van der Waals surface area contributed by atoms with Crippen molar-refractivity contribution in [2.75, 3.05) is 38.6 Å². The minimum absolute atomic E-state index is 0. The van der Waals surface area contributed by atoms with Gasteiger partial charge in [0.25, 0.3) is 0 Å². The lowest BCUT2D eigenvalue weighted by molar-refractivity contribution is -0.127. The van der Waals surface area contributed by atoms with Gasteiger partial charge in [-0.3, -0.25) is 4.79 Å². The van der Waals surface area contributed by atoms with Crippen LogP contribution in [0.2, 0.25) is 5.02 Å². The Morgan fingerprint density at radius 1 is 1.50 bits per heavy atom. The number of nitrogens with one attached hydrogen (secondary N) is 2. The summed E-state index contributed by atoms with van der Waals surface area (Å²) < 4.78 is 0. The highest BCUT2D eigenvalue weighted by Gasteiger charge is 2.25. The van der Waals surface area contributed by atoms with Crippen LogP contribution in [0.3, 0.4) is 0 Å². The van der Waals surface area contributed by atoms with Crippen LogP contribution in [0.1, 0.15) is 20.3 Å². The van der Waals surface area contributed by atoms with Crippen molar-refractivity contribution < 1.29 is 4.79 Å². The molecule has 26 heavy (non-hydrogen) atoms. The maximum Gasteiger partial charge on any atom is 0.243 e.